The lowest BCUT2D eigenvalue weighted by Gasteiger charge is -1.96. The number of hydrogen-bond donors (Lipinski definition) is 0. The number of carbonyl (C=O) groups is 1. The lowest BCUT2D eigenvalue weighted by atomic mass is 10.2. The van der Waals surface area contributed by atoms with Gasteiger partial charge in [0, 0.05) is 0 Å². The van der Waals surface area contributed by atoms with Crippen LogP contribution in [0.4, 0.5) is 0 Å². The molecular formula is C15H12N2O3S. The summed E-state index contributed by atoms with van der Waals surface area (Å²) in [6, 6.07) is 9.54. The lowest BCUT2D eigenvalue weighted by molar-refractivity contribution is 0.0529. The molecule has 0 bridgehead atoms. The van der Waals surface area contributed by atoms with E-state index in [1.54, 1.807) is 13.0 Å². The molecule has 1 aromatic carbocycles. The average molecular weight is 300 g/mol. The highest BCUT2D eigenvalue weighted by molar-refractivity contribution is 7.15. The normalized spacial score (nSPS) is 12.0. The van der Waals surface area contributed by atoms with Crippen molar-refractivity contribution in [3.05, 3.63) is 62.5 Å². The zero-order chi connectivity index (χ0) is 14.8. The van der Waals surface area contributed by atoms with Crippen LogP contribution in [0.2, 0.25) is 0 Å². The Kier molecular flexibility index (Phi) is 3.53. The van der Waals surface area contributed by atoms with Crippen molar-refractivity contribution in [2.45, 2.75) is 6.92 Å². The Morgan fingerprint density at radius 1 is 1.38 bits per heavy atom. The SMILES string of the molecule is CCOC(=O)c1cnn2c(=O)/c(=C/c3ccccc3)sc12. The third kappa shape index (κ3) is 2.45. The molecule has 0 amide bonds. The lowest BCUT2D eigenvalue weighted by Crippen LogP contribution is -2.23. The number of thiazole rings is 1. The molecule has 5 nitrogen and oxygen atoms in total. The number of esters is 1. The van der Waals surface area contributed by atoms with Crippen LogP contribution < -0.4 is 10.1 Å². The number of rotatable bonds is 3. The van der Waals surface area contributed by atoms with Crippen LogP contribution in [0.15, 0.2) is 41.3 Å². The Bertz CT molecular complexity index is 896. The van der Waals surface area contributed by atoms with Gasteiger partial charge in [0.2, 0.25) is 0 Å². The van der Waals surface area contributed by atoms with Crippen LogP contribution in [0.3, 0.4) is 0 Å². The Hall–Kier alpha value is -2.47. The Morgan fingerprint density at radius 2 is 2.14 bits per heavy atom. The summed E-state index contributed by atoms with van der Waals surface area (Å²) in [5.74, 6) is -0.458. The van der Waals surface area contributed by atoms with Gasteiger partial charge in [0.25, 0.3) is 5.56 Å². The van der Waals surface area contributed by atoms with Gasteiger partial charge in [0.15, 0.2) is 0 Å². The highest BCUT2D eigenvalue weighted by atomic mass is 32.1. The molecule has 2 heterocycles. The maximum absolute atomic E-state index is 12.3. The van der Waals surface area contributed by atoms with E-state index in [9.17, 15) is 9.59 Å². The first kappa shape index (κ1) is 13.5. The van der Waals surface area contributed by atoms with Gasteiger partial charge in [0.1, 0.15) is 10.4 Å². The summed E-state index contributed by atoms with van der Waals surface area (Å²) < 4.78 is 6.74. The van der Waals surface area contributed by atoms with Crippen molar-refractivity contribution in [2.24, 2.45) is 0 Å². The molecule has 0 aliphatic carbocycles. The van der Waals surface area contributed by atoms with Crippen molar-refractivity contribution in [3.8, 4) is 0 Å². The molecule has 0 aliphatic heterocycles. The highest BCUT2D eigenvalue weighted by Crippen LogP contribution is 2.13. The maximum Gasteiger partial charge on any atom is 0.342 e. The second-order valence-corrected chi connectivity index (χ2v) is 5.35. The van der Waals surface area contributed by atoms with Gasteiger partial charge < -0.3 is 4.74 Å². The summed E-state index contributed by atoms with van der Waals surface area (Å²) in [4.78, 5) is 24.6. The standard InChI is InChI=1S/C15H12N2O3S/c1-2-20-15(19)11-9-16-17-13(18)12(21-14(11)17)8-10-6-4-3-5-7-10/h3-9H,2H2,1H3/b12-8-. The monoisotopic (exact) mass is 300 g/mol. The Balaban J connectivity index is 2.15. The number of aromatic nitrogens is 2. The molecule has 0 aliphatic rings. The average Bonchev–Trinajstić information content (AvgIpc) is 3.02. The molecule has 0 fully saturated rings. The molecule has 0 atom stereocenters. The van der Waals surface area contributed by atoms with Crippen LogP contribution in [0.1, 0.15) is 22.8 Å². The first-order valence-electron chi connectivity index (χ1n) is 6.45. The number of benzene rings is 1. The molecular weight excluding hydrogens is 288 g/mol. The van der Waals surface area contributed by atoms with Crippen molar-refractivity contribution in [3.63, 3.8) is 0 Å². The summed E-state index contributed by atoms with van der Waals surface area (Å²) in [6.45, 7) is 2.02. The molecule has 6 heteroatoms. The van der Waals surface area contributed by atoms with Crippen molar-refractivity contribution in [1.82, 2.24) is 9.61 Å². The molecule has 3 rings (SSSR count). The van der Waals surface area contributed by atoms with E-state index in [4.69, 9.17) is 4.74 Å². The molecule has 0 N–H and O–H groups in total. The van der Waals surface area contributed by atoms with Crippen LogP contribution in [0.25, 0.3) is 10.9 Å². The predicted octanol–water partition coefficient (Wildman–Crippen LogP) is 1.48. The van der Waals surface area contributed by atoms with E-state index in [1.165, 1.54) is 22.0 Å². The predicted molar refractivity (Wildman–Crippen MR) is 80.5 cm³/mol. The van der Waals surface area contributed by atoms with E-state index in [-0.39, 0.29) is 12.2 Å². The first-order chi connectivity index (χ1) is 10.2. The van der Waals surface area contributed by atoms with Gasteiger partial charge in [-0.15, -0.1) is 11.3 Å². The number of carbonyl (C=O) groups excluding carboxylic acids is 1. The third-order valence-corrected chi connectivity index (χ3v) is 4.03. The van der Waals surface area contributed by atoms with Crippen molar-refractivity contribution >= 4 is 28.2 Å². The van der Waals surface area contributed by atoms with Gasteiger partial charge in [-0.2, -0.15) is 9.61 Å². The van der Waals surface area contributed by atoms with E-state index in [0.29, 0.717) is 14.9 Å². The van der Waals surface area contributed by atoms with E-state index >= 15 is 0 Å². The molecule has 2 aromatic heterocycles. The molecule has 0 unspecified atom stereocenters. The summed E-state index contributed by atoms with van der Waals surface area (Å²) in [7, 11) is 0. The Labute approximate surface area is 124 Å². The fraction of sp³-hybridized carbons (Fsp3) is 0.133. The first-order valence-corrected chi connectivity index (χ1v) is 7.27. The van der Waals surface area contributed by atoms with Crippen LogP contribution >= 0.6 is 11.3 Å². The molecule has 0 saturated heterocycles. The van der Waals surface area contributed by atoms with Crippen molar-refractivity contribution in [2.75, 3.05) is 6.61 Å². The second-order valence-electron chi connectivity index (χ2n) is 4.32. The number of nitrogens with zero attached hydrogens (tertiary/aromatic N) is 2. The highest BCUT2D eigenvalue weighted by Gasteiger charge is 2.17. The van der Waals surface area contributed by atoms with Gasteiger partial charge in [-0.05, 0) is 18.6 Å². The van der Waals surface area contributed by atoms with Crippen molar-refractivity contribution in [1.29, 1.82) is 0 Å². The summed E-state index contributed by atoms with van der Waals surface area (Å²) >= 11 is 1.24. The molecule has 21 heavy (non-hydrogen) atoms. The molecule has 0 radical (unpaired) electrons. The number of hydrogen-bond acceptors (Lipinski definition) is 5. The number of fused-ring (bicyclic) bond motifs is 1. The van der Waals surface area contributed by atoms with Gasteiger partial charge in [-0.25, -0.2) is 4.79 Å². The minimum atomic E-state index is -0.458. The molecule has 0 spiro atoms. The van der Waals surface area contributed by atoms with E-state index < -0.39 is 5.97 Å². The largest absolute Gasteiger partial charge is 0.462 e. The zero-order valence-electron chi connectivity index (χ0n) is 11.3. The molecule has 106 valence electrons. The van der Waals surface area contributed by atoms with Gasteiger partial charge >= 0.3 is 5.97 Å². The van der Waals surface area contributed by atoms with E-state index in [2.05, 4.69) is 5.10 Å². The topological polar surface area (TPSA) is 60.7 Å². The third-order valence-electron chi connectivity index (χ3n) is 2.93. The van der Waals surface area contributed by atoms with E-state index in [1.807, 2.05) is 30.3 Å². The van der Waals surface area contributed by atoms with Crippen LogP contribution in [0.5, 0.6) is 0 Å². The second kappa shape index (κ2) is 5.49. The van der Waals surface area contributed by atoms with Crippen LogP contribution in [-0.2, 0) is 4.74 Å². The zero-order valence-corrected chi connectivity index (χ0v) is 12.1. The number of ether oxygens (including phenoxy) is 1. The summed E-state index contributed by atoms with van der Waals surface area (Å²) in [5, 5.41) is 3.98. The summed E-state index contributed by atoms with van der Waals surface area (Å²) in [6.07, 6.45) is 3.16. The Morgan fingerprint density at radius 3 is 2.86 bits per heavy atom. The smallest absolute Gasteiger partial charge is 0.342 e. The van der Waals surface area contributed by atoms with Crippen LogP contribution in [-0.4, -0.2) is 22.2 Å². The van der Waals surface area contributed by atoms with E-state index in [0.717, 1.165) is 5.56 Å². The van der Waals surface area contributed by atoms with Crippen molar-refractivity contribution < 1.29 is 9.53 Å². The minimum absolute atomic E-state index is 0.227. The minimum Gasteiger partial charge on any atom is -0.462 e. The van der Waals surface area contributed by atoms with Gasteiger partial charge in [-0.3, -0.25) is 4.79 Å². The quantitative estimate of drug-likeness (QED) is 0.687. The fourth-order valence-electron chi connectivity index (χ4n) is 1.97. The maximum atomic E-state index is 12.3. The van der Waals surface area contributed by atoms with Gasteiger partial charge in [-0.1, -0.05) is 30.3 Å². The summed E-state index contributed by atoms with van der Waals surface area (Å²) in [5.41, 5.74) is 1.03. The van der Waals surface area contributed by atoms with Crippen LogP contribution in [0, 0.1) is 0 Å². The molecule has 3 aromatic rings. The molecule has 0 saturated carbocycles. The fourth-order valence-corrected chi connectivity index (χ4v) is 3.01. The van der Waals surface area contributed by atoms with Gasteiger partial charge in [0.05, 0.1) is 17.3 Å².